The summed E-state index contributed by atoms with van der Waals surface area (Å²) < 4.78 is 19.2. The van der Waals surface area contributed by atoms with Crippen molar-refractivity contribution in [1.82, 2.24) is 15.5 Å². The molecule has 6 heteroatoms. The summed E-state index contributed by atoms with van der Waals surface area (Å²) in [6, 6.07) is 4.76. The van der Waals surface area contributed by atoms with Gasteiger partial charge >= 0.3 is 0 Å². The first-order chi connectivity index (χ1) is 10.3. The highest BCUT2D eigenvalue weighted by Gasteiger charge is 2.16. The Kier molecular flexibility index (Phi) is 6.07. The second-order valence-corrected chi connectivity index (χ2v) is 5.73. The number of nitrogens with one attached hydrogen (secondary N) is 1. The van der Waals surface area contributed by atoms with Crippen molar-refractivity contribution in [2.75, 3.05) is 20.2 Å². The molecule has 1 aromatic carbocycles. The number of aromatic nitrogens is 2. The van der Waals surface area contributed by atoms with Crippen molar-refractivity contribution in [2.45, 2.75) is 26.2 Å². The van der Waals surface area contributed by atoms with Gasteiger partial charge in [0, 0.05) is 6.42 Å². The molecule has 0 bridgehead atoms. The summed E-state index contributed by atoms with van der Waals surface area (Å²) in [6.45, 7) is 4.14. The maximum Gasteiger partial charge on any atom is 0.154 e. The third-order valence-electron chi connectivity index (χ3n) is 3.05. The average molecular weight is 309 g/mol. The van der Waals surface area contributed by atoms with Gasteiger partial charge in [-0.1, -0.05) is 24.3 Å². The van der Waals surface area contributed by atoms with E-state index in [1.54, 1.807) is 12.1 Å². The zero-order valence-electron chi connectivity index (χ0n) is 12.4. The fourth-order valence-electron chi connectivity index (χ4n) is 2.00. The van der Waals surface area contributed by atoms with E-state index in [0.717, 1.165) is 37.4 Å². The van der Waals surface area contributed by atoms with Gasteiger partial charge in [0.05, 0.1) is 12.7 Å². The molecule has 2 rings (SSSR count). The molecule has 0 amide bonds. The van der Waals surface area contributed by atoms with Crippen LogP contribution in [0.1, 0.15) is 24.8 Å². The predicted molar refractivity (Wildman–Crippen MR) is 83.3 cm³/mol. The second kappa shape index (κ2) is 8.05. The molecule has 4 nitrogen and oxygen atoms in total. The number of hydrogen-bond donors (Lipinski definition) is 1. The summed E-state index contributed by atoms with van der Waals surface area (Å²) in [7, 11) is 1.53. The van der Waals surface area contributed by atoms with E-state index < -0.39 is 0 Å². The maximum atomic E-state index is 14.0. The van der Waals surface area contributed by atoms with Gasteiger partial charge in [-0.2, -0.15) is 0 Å². The summed E-state index contributed by atoms with van der Waals surface area (Å²) in [5, 5.41) is 13.1. The minimum atomic E-state index is -0.332. The molecule has 0 aliphatic carbocycles. The second-order valence-electron chi connectivity index (χ2n) is 4.67. The molecule has 0 spiro atoms. The van der Waals surface area contributed by atoms with E-state index in [9.17, 15) is 4.39 Å². The standard InChI is InChI=1S/C15H20FN3OS/c1-3-9-17-10-5-8-13-18-19-15(21-13)14-11(16)6-4-7-12(14)20-2/h4,6-7,17H,3,5,8-10H2,1-2H3. The highest BCUT2D eigenvalue weighted by Crippen LogP contribution is 2.34. The van der Waals surface area contributed by atoms with Crippen LogP contribution in [0.25, 0.3) is 10.6 Å². The van der Waals surface area contributed by atoms with E-state index in [1.807, 2.05) is 0 Å². The number of ether oxygens (including phenoxy) is 1. The van der Waals surface area contributed by atoms with Gasteiger partial charge in [0.2, 0.25) is 0 Å². The van der Waals surface area contributed by atoms with Crippen molar-refractivity contribution in [3.05, 3.63) is 29.0 Å². The molecule has 1 heterocycles. The van der Waals surface area contributed by atoms with Crippen molar-refractivity contribution in [3.63, 3.8) is 0 Å². The number of hydrogen-bond acceptors (Lipinski definition) is 5. The maximum absolute atomic E-state index is 14.0. The summed E-state index contributed by atoms with van der Waals surface area (Å²) in [6.07, 6.45) is 2.99. The van der Waals surface area contributed by atoms with Gasteiger partial charge in [-0.3, -0.25) is 0 Å². The van der Waals surface area contributed by atoms with Gasteiger partial charge in [-0.05, 0) is 38.1 Å². The molecular weight excluding hydrogens is 289 g/mol. The van der Waals surface area contributed by atoms with Crippen LogP contribution in [0.4, 0.5) is 4.39 Å². The highest BCUT2D eigenvalue weighted by atomic mass is 32.1. The van der Waals surface area contributed by atoms with Crippen molar-refractivity contribution in [1.29, 1.82) is 0 Å². The molecule has 0 saturated heterocycles. The highest BCUT2D eigenvalue weighted by molar-refractivity contribution is 7.14. The molecule has 0 aliphatic rings. The minimum Gasteiger partial charge on any atom is -0.496 e. The Hall–Kier alpha value is -1.53. The molecule has 0 aliphatic heterocycles. The lowest BCUT2D eigenvalue weighted by Crippen LogP contribution is -2.16. The third-order valence-corrected chi connectivity index (χ3v) is 4.05. The molecule has 114 valence electrons. The zero-order valence-corrected chi connectivity index (χ0v) is 13.2. The Balaban J connectivity index is 2.03. The van der Waals surface area contributed by atoms with Crippen molar-refractivity contribution >= 4 is 11.3 Å². The van der Waals surface area contributed by atoms with Crippen LogP contribution in [-0.2, 0) is 6.42 Å². The number of methoxy groups -OCH3 is 1. The Bertz CT molecular complexity index is 574. The number of halogens is 1. The van der Waals surface area contributed by atoms with E-state index in [1.165, 1.54) is 24.5 Å². The smallest absolute Gasteiger partial charge is 0.154 e. The predicted octanol–water partition coefficient (Wildman–Crippen LogP) is 3.29. The number of rotatable bonds is 8. The minimum absolute atomic E-state index is 0.332. The SMILES string of the molecule is CCCNCCCc1nnc(-c2c(F)cccc2OC)s1. The molecule has 1 aromatic heterocycles. The summed E-state index contributed by atoms with van der Waals surface area (Å²) in [5.41, 5.74) is 0.396. The van der Waals surface area contributed by atoms with Crippen LogP contribution in [0, 0.1) is 5.82 Å². The van der Waals surface area contributed by atoms with Crippen molar-refractivity contribution in [3.8, 4) is 16.3 Å². The van der Waals surface area contributed by atoms with Gasteiger partial charge < -0.3 is 10.1 Å². The van der Waals surface area contributed by atoms with Gasteiger partial charge in [0.1, 0.15) is 16.6 Å². The molecule has 1 N–H and O–H groups in total. The fourth-order valence-corrected chi connectivity index (χ4v) is 2.94. The summed E-state index contributed by atoms with van der Waals surface area (Å²) >= 11 is 1.42. The van der Waals surface area contributed by atoms with Gasteiger partial charge in [-0.15, -0.1) is 10.2 Å². The molecule has 0 radical (unpaired) electrons. The lowest BCUT2D eigenvalue weighted by atomic mass is 10.2. The fraction of sp³-hybridized carbons (Fsp3) is 0.467. The third kappa shape index (κ3) is 4.22. The van der Waals surface area contributed by atoms with Crippen LogP contribution in [0.5, 0.6) is 5.75 Å². The summed E-state index contributed by atoms with van der Waals surface area (Å²) in [5.74, 6) is 0.156. The lowest BCUT2D eigenvalue weighted by molar-refractivity contribution is 0.413. The van der Waals surface area contributed by atoms with E-state index >= 15 is 0 Å². The van der Waals surface area contributed by atoms with Crippen LogP contribution in [0.2, 0.25) is 0 Å². The Morgan fingerprint density at radius 2 is 2.14 bits per heavy atom. The van der Waals surface area contributed by atoms with Crippen LogP contribution in [-0.4, -0.2) is 30.4 Å². The monoisotopic (exact) mass is 309 g/mol. The number of benzene rings is 1. The first kappa shape index (κ1) is 15.9. The molecule has 0 atom stereocenters. The van der Waals surface area contributed by atoms with E-state index in [0.29, 0.717) is 16.3 Å². The Morgan fingerprint density at radius 1 is 1.29 bits per heavy atom. The molecule has 0 saturated carbocycles. The van der Waals surface area contributed by atoms with Crippen molar-refractivity contribution < 1.29 is 9.13 Å². The van der Waals surface area contributed by atoms with Gasteiger partial charge in [0.25, 0.3) is 0 Å². The van der Waals surface area contributed by atoms with Gasteiger partial charge in [-0.25, -0.2) is 4.39 Å². The largest absolute Gasteiger partial charge is 0.496 e. The number of nitrogens with zero attached hydrogens (tertiary/aromatic N) is 2. The van der Waals surface area contributed by atoms with E-state index in [2.05, 4.69) is 22.4 Å². The summed E-state index contributed by atoms with van der Waals surface area (Å²) in [4.78, 5) is 0. The van der Waals surface area contributed by atoms with Crippen LogP contribution >= 0.6 is 11.3 Å². The molecule has 0 unspecified atom stereocenters. The van der Waals surface area contributed by atoms with E-state index in [4.69, 9.17) is 4.74 Å². The molecule has 0 fully saturated rings. The number of aryl methyl sites for hydroxylation is 1. The van der Waals surface area contributed by atoms with Crippen LogP contribution < -0.4 is 10.1 Å². The zero-order chi connectivity index (χ0) is 15.1. The molecule has 2 aromatic rings. The van der Waals surface area contributed by atoms with Crippen molar-refractivity contribution in [2.24, 2.45) is 0 Å². The topological polar surface area (TPSA) is 47.0 Å². The van der Waals surface area contributed by atoms with Gasteiger partial charge in [0.15, 0.2) is 5.01 Å². The first-order valence-corrected chi connectivity index (χ1v) is 7.94. The normalized spacial score (nSPS) is 10.8. The first-order valence-electron chi connectivity index (χ1n) is 7.12. The Morgan fingerprint density at radius 3 is 2.90 bits per heavy atom. The van der Waals surface area contributed by atoms with E-state index in [-0.39, 0.29) is 5.82 Å². The quantitative estimate of drug-likeness (QED) is 0.760. The Labute approximate surface area is 128 Å². The van der Waals surface area contributed by atoms with Crippen LogP contribution in [0.15, 0.2) is 18.2 Å². The lowest BCUT2D eigenvalue weighted by Gasteiger charge is -2.05. The molecule has 21 heavy (non-hydrogen) atoms. The average Bonchev–Trinajstić information content (AvgIpc) is 2.95. The molecular formula is C15H20FN3OS. The van der Waals surface area contributed by atoms with Crippen LogP contribution in [0.3, 0.4) is 0 Å².